The van der Waals surface area contributed by atoms with Gasteiger partial charge in [-0.1, -0.05) is 23.4 Å². The molecular formula is C16H16ClFN4O2S. The van der Waals surface area contributed by atoms with Gasteiger partial charge in [0, 0.05) is 24.9 Å². The topological polar surface area (TPSA) is 68.2 Å². The fourth-order valence-electron chi connectivity index (χ4n) is 3.71. The van der Waals surface area contributed by atoms with Crippen molar-refractivity contribution in [1.29, 1.82) is 0 Å². The van der Waals surface area contributed by atoms with Gasteiger partial charge in [0.1, 0.15) is 22.5 Å². The molecule has 1 saturated carbocycles. The number of hydrogen-bond acceptors (Lipinski definition) is 7. The molecule has 6 nitrogen and oxygen atoms in total. The van der Waals surface area contributed by atoms with Crippen LogP contribution in [0.25, 0.3) is 10.9 Å². The number of pyridine rings is 1. The Labute approximate surface area is 153 Å². The third-order valence-corrected chi connectivity index (χ3v) is 5.70. The van der Waals surface area contributed by atoms with E-state index < -0.39 is 5.82 Å². The minimum absolute atomic E-state index is 0.0117. The van der Waals surface area contributed by atoms with Crippen LogP contribution in [0.5, 0.6) is 5.88 Å². The third kappa shape index (κ3) is 2.62. The van der Waals surface area contributed by atoms with Crippen molar-refractivity contribution < 1.29 is 13.9 Å². The van der Waals surface area contributed by atoms with Gasteiger partial charge in [0.25, 0.3) is 0 Å². The summed E-state index contributed by atoms with van der Waals surface area (Å²) < 4.78 is 19.9. The molecule has 9 heteroatoms. The third-order valence-electron chi connectivity index (χ3n) is 4.90. The monoisotopic (exact) mass is 382 g/mol. The molecule has 0 spiro atoms. The highest BCUT2D eigenvalue weighted by Crippen LogP contribution is 2.40. The Morgan fingerprint density at radius 1 is 1.24 bits per heavy atom. The van der Waals surface area contributed by atoms with Crippen molar-refractivity contribution in [2.45, 2.75) is 18.0 Å². The number of halogens is 2. The molecule has 0 aromatic carbocycles. The van der Waals surface area contributed by atoms with Crippen LogP contribution in [0, 0.1) is 17.7 Å². The summed E-state index contributed by atoms with van der Waals surface area (Å²) in [7, 11) is 1.45. The molecule has 2 aliphatic rings. The van der Waals surface area contributed by atoms with Gasteiger partial charge < -0.3 is 9.64 Å². The lowest BCUT2D eigenvalue weighted by molar-refractivity contribution is -0.124. The maximum absolute atomic E-state index is 14.6. The van der Waals surface area contributed by atoms with Crippen molar-refractivity contribution in [1.82, 2.24) is 15.0 Å². The number of Topliss-reactive ketones (excluding diaryl/α,β-unsaturated/α-hetero) is 1. The van der Waals surface area contributed by atoms with Crippen LogP contribution in [0.4, 0.5) is 10.2 Å². The molecule has 132 valence electrons. The number of nitrogens with zero attached hydrogens (tertiary/aromatic N) is 4. The van der Waals surface area contributed by atoms with E-state index >= 15 is 0 Å². The highest BCUT2D eigenvalue weighted by Gasteiger charge is 2.41. The van der Waals surface area contributed by atoms with E-state index in [2.05, 4.69) is 15.0 Å². The molecule has 0 radical (unpaired) electrons. The number of anilines is 1. The van der Waals surface area contributed by atoms with Gasteiger partial charge in [0.05, 0.1) is 7.11 Å². The van der Waals surface area contributed by atoms with Gasteiger partial charge >= 0.3 is 0 Å². The van der Waals surface area contributed by atoms with E-state index in [0.717, 1.165) is 12.8 Å². The van der Waals surface area contributed by atoms with E-state index in [-0.39, 0.29) is 28.4 Å². The summed E-state index contributed by atoms with van der Waals surface area (Å²) in [4.78, 5) is 27.1. The summed E-state index contributed by atoms with van der Waals surface area (Å²) in [5.41, 5.74) is 0.0930. The molecule has 0 unspecified atom stereocenters. The number of methoxy groups -OCH3 is 1. The summed E-state index contributed by atoms with van der Waals surface area (Å²) in [6.07, 6.45) is 3.62. The predicted molar refractivity (Wildman–Crippen MR) is 94.1 cm³/mol. The lowest BCUT2D eigenvalue weighted by atomic mass is 9.97. The standard InChI is InChI=1S/C16H16ClFN4O2S/c1-24-15-9-11(10(18)13(17)20-15)19-16(25-2)21-14(9)22-5-7-3-4-8(6-22)12(7)23/h7-8H,3-6H2,1-2H3/t7-,8+. The highest BCUT2D eigenvalue weighted by molar-refractivity contribution is 7.98. The molecule has 25 heavy (non-hydrogen) atoms. The number of piperidine rings is 1. The first kappa shape index (κ1) is 16.8. The molecule has 4 rings (SSSR count). The number of hydrogen-bond donors (Lipinski definition) is 0. The fourth-order valence-corrected chi connectivity index (χ4v) is 4.23. The summed E-state index contributed by atoms with van der Waals surface area (Å²) in [5, 5.41) is 0.556. The molecule has 2 aromatic rings. The minimum Gasteiger partial charge on any atom is -0.480 e. The van der Waals surface area contributed by atoms with Crippen LogP contribution in [0.2, 0.25) is 5.15 Å². The molecule has 2 atom stereocenters. The van der Waals surface area contributed by atoms with Crippen LogP contribution < -0.4 is 9.64 Å². The second-order valence-corrected chi connectivity index (χ2v) is 7.39. The highest BCUT2D eigenvalue weighted by atomic mass is 35.5. The van der Waals surface area contributed by atoms with E-state index in [0.29, 0.717) is 35.2 Å². The summed E-state index contributed by atoms with van der Waals surface area (Å²) in [6, 6.07) is 0. The van der Waals surface area contributed by atoms with Gasteiger partial charge in [-0.2, -0.15) is 4.98 Å². The number of ketones is 1. The smallest absolute Gasteiger partial charge is 0.228 e. The zero-order valence-corrected chi connectivity index (χ0v) is 15.3. The minimum atomic E-state index is -0.688. The second-order valence-electron chi connectivity index (χ2n) is 6.26. The zero-order valence-electron chi connectivity index (χ0n) is 13.8. The normalized spacial score (nSPS) is 22.7. The Balaban J connectivity index is 1.93. The number of ether oxygens (including phenoxy) is 1. The second kappa shape index (κ2) is 6.25. The largest absolute Gasteiger partial charge is 0.480 e. The van der Waals surface area contributed by atoms with Gasteiger partial charge in [-0.3, -0.25) is 4.79 Å². The lowest BCUT2D eigenvalue weighted by Gasteiger charge is -2.32. The van der Waals surface area contributed by atoms with E-state index in [1.807, 2.05) is 11.2 Å². The number of aromatic nitrogens is 3. The van der Waals surface area contributed by atoms with Gasteiger partial charge in [-0.15, -0.1) is 0 Å². The number of rotatable bonds is 3. The zero-order chi connectivity index (χ0) is 17.7. The molecular weight excluding hydrogens is 367 g/mol. The van der Waals surface area contributed by atoms with Crippen molar-refractivity contribution in [3.8, 4) is 5.88 Å². The Bertz CT molecular complexity index is 865. The summed E-state index contributed by atoms with van der Waals surface area (Å²) >= 11 is 7.21. The average Bonchev–Trinajstić information content (AvgIpc) is 2.84. The maximum atomic E-state index is 14.6. The van der Waals surface area contributed by atoms with Gasteiger partial charge in [0.2, 0.25) is 5.88 Å². The molecule has 2 aromatic heterocycles. The molecule has 0 amide bonds. The van der Waals surface area contributed by atoms with E-state index in [4.69, 9.17) is 16.3 Å². The van der Waals surface area contributed by atoms with Crippen molar-refractivity contribution in [3.63, 3.8) is 0 Å². The van der Waals surface area contributed by atoms with Crippen molar-refractivity contribution in [2.24, 2.45) is 11.8 Å². The average molecular weight is 383 g/mol. The summed E-state index contributed by atoms with van der Waals surface area (Å²) in [6.45, 7) is 1.14. The first-order valence-corrected chi connectivity index (χ1v) is 9.57. The van der Waals surface area contributed by atoms with Crippen LogP contribution in [0.3, 0.4) is 0 Å². The van der Waals surface area contributed by atoms with Crippen LogP contribution in [-0.4, -0.2) is 47.2 Å². The van der Waals surface area contributed by atoms with Crippen LogP contribution in [0.15, 0.2) is 5.16 Å². The first-order chi connectivity index (χ1) is 12.0. The Morgan fingerprint density at radius 3 is 2.52 bits per heavy atom. The lowest BCUT2D eigenvalue weighted by Crippen LogP contribution is -2.42. The SMILES string of the molecule is COc1nc(Cl)c(F)c2nc(SC)nc(N3C[C@H]4CC[C@@H](C3)C4=O)c12. The molecule has 1 aliphatic heterocycles. The number of fused-ring (bicyclic) bond motifs is 3. The quantitative estimate of drug-likeness (QED) is 0.459. The van der Waals surface area contributed by atoms with Crippen LogP contribution >= 0.6 is 23.4 Å². The predicted octanol–water partition coefficient (Wildman–Crippen LogP) is 2.96. The molecule has 0 N–H and O–H groups in total. The van der Waals surface area contributed by atoms with Gasteiger partial charge in [0.15, 0.2) is 16.1 Å². The van der Waals surface area contributed by atoms with Crippen LogP contribution in [0.1, 0.15) is 12.8 Å². The van der Waals surface area contributed by atoms with E-state index in [1.165, 1.54) is 18.9 Å². The van der Waals surface area contributed by atoms with Crippen molar-refractivity contribution in [2.75, 3.05) is 31.4 Å². The number of carbonyl (C=O) groups is 1. The van der Waals surface area contributed by atoms with E-state index in [1.54, 1.807) is 0 Å². The van der Waals surface area contributed by atoms with Gasteiger partial charge in [-0.25, -0.2) is 14.4 Å². The maximum Gasteiger partial charge on any atom is 0.228 e. The molecule has 1 aliphatic carbocycles. The van der Waals surface area contributed by atoms with Crippen molar-refractivity contribution in [3.05, 3.63) is 11.0 Å². The van der Waals surface area contributed by atoms with Crippen molar-refractivity contribution >= 4 is 45.9 Å². The first-order valence-electron chi connectivity index (χ1n) is 7.96. The van der Waals surface area contributed by atoms with Crippen LogP contribution in [-0.2, 0) is 4.79 Å². The molecule has 2 bridgehead atoms. The Kier molecular flexibility index (Phi) is 4.19. The molecule has 2 fully saturated rings. The Morgan fingerprint density at radius 2 is 1.92 bits per heavy atom. The molecule has 3 heterocycles. The number of carbonyl (C=O) groups excluding carboxylic acids is 1. The van der Waals surface area contributed by atoms with E-state index in [9.17, 15) is 9.18 Å². The fraction of sp³-hybridized carbons (Fsp3) is 0.500. The molecule has 1 saturated heterocycles. The summed E-state index contributed by atoms with van der Waals surface area (Å²) in [5.74, 6) is 0.411. The van der Waals surface area contributed by atoms with Gasteiger partial charge in [-0.05, 0) is 19.1 Å². The Hall–Kier alpha value is -1.67. The number of thioether (sulfide) groups is 1.